The lowest BCUT2D eigenvalue weighted by atomic mass is 10.2. The second-order valence-electron chi connectivity index (χ2n) is 3.95. The number of rotatable bonds is 2. The quantitative estimate of drug-likeness (QED) is 0.901. The molecule has 0 saturated carbocycles. The zero-order chi connectivity index (χ0) is 12.3. The van der Waals surface area contributed by atoms with Crippen LogP contribution in [0.1, 0.15) is 12.0 Å². The molecule has 0 fully saturated rings. The molecule has 1 aromatic carbocycles. The lowest BCUT2D eigenvalue weighted by Gasteiger charge is -2.19. The molecule has 0 saturated heterocycles. The molecule has 0 atom stereocenters. The van der Waals surface area contributed by atoms with Crippen molar-refractivity contribution >= 4 is 21.8 Å². The number of hydrogen-bond acceptors (Lipinski definition) is 3. The van der Waals surface area contributed by atoms with Crippen LogP contribution >= 0.6 is 15.9 Å². The van der Waals surface area contributed by atoms with Crippen molar-refractivity contribution in [1.29, 1.82) is 0 Å². The van der Waals surface area contributed by atoms with Gasteiger partial charge in [-0.3, -0.25) is 4.79 Å². The summed E-state index contributed by atoms with van der Waals surface area (Å²) >= 11 is 3.42. The highest BCUT2D eigenvalue weighted by Gasteiger charge is 2.19. The number of carbonyl (C=O) groups excluding carboxylic acids is 1. The summed E-state index contributed by atoms with van der Waals surface area (Å²) in [7, 11) is 0. The first-order valence-electron chi connectivity index (χ1n) is 5.60. The molecule has 0 unspecified atom stereocenters. The van der Waals surface area contributed by atoms with Gasteiger partial charge in [-0.2, -0.15) is 0 Å². The van der Waals surface area contributed by atoms with Crippen molar-refractivity contribution in [3.8, 4) is 5.75 Å². The summed E-state index contributed by atoms with van der Waals surface area (Å²) in [6.45, 7) is 2.13. The first-order chi connectivity index (χ1) is 8.20. The van der Waals surface area contributed by atoms with Crippen molar-refractivity contribution in [2.24, 2.45) is 5.73 Å². The number of amides is 1. The molecule has 1 aliphatic heterocycles. The van der Waals surface area contributed by atoms with Crippen LogP contribution in [0.25, 0.3) is 0 Å². The maximum Gasteiger partial charge on any atom is 0.224 e. The van der Waals surface area contributed by atoms with Crippen LogP contribution < -0.4 is 10.5 Å². The van der Waals surface area contributed by atoms with E-state index in [2.05, 4.69) is 15.9 Å². The van der Waals surface area contributed by atoms with Crippen LogP contribution in [-0.4, -0.2) is 30.5 Å². The van der Waals surface area contributed by atoms with E-state index in [0.717, 1.165) is 15.8 Å². The molecule has 5 heteroatoms. The predicted molar refractivity (Wildman–Crippen MR) is 68.7 cm³/mol. The van der Waals surface area contributed by atoms with Crippen molar-refractivity contribution < 1.29 is 9.53 Å². The van der Waals surface area contributed by atoms with Gasteiger partial charge in [0.05, 0.1) is 6.54 Å². The van der Waals surface area contributed by atoms with Gasteiger partial charge in [0.1, 0.15) is 12.4 Å². The van der Waals surface area contributed by atoms with Crippen LogP contribution in [0, 0.1) is 0 Å². The van der Waals surface area contributed by atoms with Crippen molar-refractivity contribution in [1.82, 2.24) is 4.90 Å². The predicted octanol–water partition coefficient (Wildman–Crippen LogP) is 1.52. The van der Waals surface area contributed by atoms with Crippen LogP contribution in [0.5, 0.6) is 5.75 Å². The number of nitrogens with zero attached hydrogens (tertiary/aromatic N) is 1. The average molecular weight is 299 g/mol. The summed E-state index contributed by atoms with van der Waals surface area (Å²) in [6, 6.07) is 5.86. The SMILES string of the molecule is NCCC(=O)N1CCOc2ccc(Br)cc2C1. The molecule has 1 aliphatic rings. The van der Waals surface area contributed by atoms with E-state index in [1.54, 1.807) is 4.90 Å². The Labute approximate surface area is 109 Å². The van der Waals surface area contributed by atoms with E-state index < -0.39 is 0 Å². The van der Waals surface area contributed by atoms with Gasteiger partial charge in [0.2, 0.25) is 5.91 Å². The summed E-state index contributed by atoms with van der Waals surface area (Å²) in [4.78, 5) is 13.6. The highest BCUT2D eigenvalue weighted by Crippen LogP contribution is 2.26. The van der Waals surface area contributed by atoms with Gasteiger partial charge in [0.25, 0.3) is 0 Å². The molecule has 1 heterocycles. The highest BCUT2D eigenvalue weighted by atomic mass is 79.9. The molecule has 2 N–H and O–H groups in total. The fourth-order valence-corrected chi connectivity index (χ4v) is 2.27. The molecule has 0 aliphatic carbocycles. The van der Waals surface area contributed by atoms with Gasteiger partial charge in [-0.1, -0.05) is 15.9 Å². The zero-order valence-corrected chi connectivity index (χ0v) is 11.1. The fraction of sp³-hybridized carbons (Fsp3) is 0.417. The number of nitrogens with two attached hydrogens (primary N) is 1. The Kier molecular flexibility index (Phi) is 4.02. The van der Waals surface area contributed by atoms with E-state index in [9.17, 15) is 4.79 Å². The van der Waals surface area contributed by atoms with E-state index in [-0.39, 0.29) is 5.91 Å². The van der Waals surface area contributed by atoms with Crippen molar-refractivity contribution in [3.63, 3.8) is 0 Å². The Hall–Kier alpha value is -1.07. The Morgan fingerprint density at radius 1 is 1.53 bits per heavy atom. The normalized spacial score (nSPS) is 14.8. The number of benzene rings is 1. The largest absolute Gasteiger partial charge is 0.491 e. The molecule has 4 nitrogen and oxygen atoms in total. The molecule has 17 heavy (non-hydrogen) atoms. The number of hydrogen-bond donors (Lipinski definition) is 1. The molecule has 0 bridgehead atoms. The minimum Gasteiger partial charge on any atom is -0.491 e. The van der Waals surface area contributed by atoms with Crippen LogP contribution in [0.3, 0.4) is 0 Å². The number of carbonyl (C=O) groups is 1. The van der Waals surface area contributed by atoms with Gasteiger partial charge in [-0.15, -0.1) is 0 Å². The van der Waals surface area contributed by atoms with Crippen LogP contribution in [0.4, 0.5) is 0 Å². The Morgan fingerprint density at radius 2 is 2.35 bits per heavy atom. The number of halogens is 1. The molecule has 0 radical (unpaired) electrons. The van der Waals surface area contributed by atoms with Crippen LogP contribution in [-0.2, 0) is 11.3 Å². The van der Waals surface area contributed by atoms with E-state index >= 15 is 0 Å². The maximum atomic E-state index is 11.8. The first-order valence-corrected chi connectivity index (χ1v) is 6.39. The highest BCUT2D eigenvalue weighted by molar-refractivity contribution is 9.10. The van der Waals surface area contributed by atoms with Crippen molar-refractivity contribution in [3.05, 3.63) is 28.2 Å². The first kappa shape index (κ1) is 12.4. The van der Waals surface area contributed by atoms with Crippen molar-refractivity contribution in [2.45, 2.75) is 13.0 Å². The smallest absolute Gasteiger partial charge is 0.224 e. The third-order valence-corrected chi connectivity index (χ3v) is 3.21. The van der Waals surface area contributed by atoms with Gasteiger partial charge >= 0.3 is 0 Å². The summed E-state index contributed by atoms with van der Waals surface area (Å²) < 4.78 is 6.61. The number of fused-ring (bicyclic) bond motifs is 1. The zero-order valence-electron chi connectivity index (χ0n) is 9.49. The Morgan fingerprint density at radius 3 is 3.12 bits per heavy atom. The molecule has 2 rings (SSSR count). The maximum absolute atomic E-state index is 11.8. The van der Waals surface area contributed by atoms with E-state index in [1.807, 2.05) is 18.2 Å². The van der Waals surface area contributed by atoms with Gasteiger partial charge in [-0.25, -0.2) is 0 Å². The second-order valence-corrected chi connectivity index (χ2v) is 4.87. The van der Waals surface area contributed by atoms with Crippen LogP contribution in [0.15, 0.2) is 22.7 Å². The standard InChI is InChI=1S/C12H15BrN2O2/c13-10-1-2-11-9(7-10)8-15(5-6-17-11)12(16)3-4-14/h1-2,7H,3-6,8,14H2. The average Bonchev–Trinajstić information content (AvgIpc) is 2.50. The molecule has 0 spiro atoms. The van der Waals surface area contributed by atoms with Crippen LogP contribution in [0.2, 0.25) is 0 Å². The summed E-state index contributed by atoms with van der Waals surface area (Å²) in [5.74, 6) is 0.945. The lowest BCUT2D eigenvalue weighted by Crippen LogP contribution is -2.33. The molecular weight excluding hydrogens is 284 g/mol. The van der Waals surface area contributed by atoms with Crippen molar-refractivity contribution in [2.75, 3.05) is 19.7 Å². The molecule has 1 aromatic rings. The van der Waals surface area contributed by atoms with E-state index in [0.29, 0.717) is 32.7 Å². The van der Waals surface area contributed by atoms with Gasteiger partial charge in [0.15, 0.2) is 0 Å². The lowest BCUT2D eigenvalue weighted by molar-refractivity contribution is -0.131. The molecule has 1 amide bonds. The van der Waals surface area contributed by atoms with Gasteiger partial charge < -0.3 is 15.4 Å². The summed E-state index contributed by atoms with van der Waals surface area (Å²) in [5, 5.41) is 0. The minimum atomic E-state index is 0.0870. The molecular formula is C12H15BrN2O2. The van der Waals surface area contributed by atoms with Gasteiger partial charge in [0, 0.05) is 29.5 Å². The summed E-state index contributed by atoms with van der Waals surface area (Å²) in [5.41, 5.74) is 6.44. The summed E-state index contributed by atoms with van der Waals surface area (Å²) in [6.07, 6.45) is 0.392. The topological polar surface area (TPSA) is 55.6 Å². The van der Waals surface area contributed by atoms with E-state index in [1.165, 1.54) is 0 Å². The minimum absolute atomic E-state index is 0.0870. The Balaban J connectivity index is 2.18. The van der Waals surface area contributed by atoms with E-state index in [4.69, 9.17) is 10.5 Å². The van der Waals surface area contributed by atoms with Gasteiger partial charge in [-0.05, 0) is 18.2 Å². The fourth-order valence-electron chi connectivity index (χ4n) is 1.86. The monoisotopic (exact) mass is 298 g/mol. The molecule has 0 aromatic heterocycles. The third kappa shape index (κ3) is 2.98. The Bertz CT molecular complexity index is 423. The second kappa shape index (κ2) is 5.51. The molecule has 92 valence electrons. The third-order valence-electron chi connectivity index (χ3n) is 2.71. The number of ether oxygens (including phenoxy) is 1.